The van der Waals surface area contributed by atoms with Crippen LogP contribution in [0.15, 0.2) is 42.5 Å². The Morgan fingerprint density at radius 1 is 0.839 bits per heavy atom. The summed E-state index contributed by atoms with van der Waals surface area (Å²) in [5, 5.41) is 0. The lowest BCUT2D eigenvalue weighted by atomic mass is 9.99. The summed E-state index contributed by atoms with van der Waals surface area (Å²) in [5.74, 6) is 0.325. The molecule has 5 heteroatoms. The second kappa shape index (κ2) is 9.23. The maximum absolute atomic E-state index is 13.2. The number of benzene rings is 2. The molecule has 31 heavy (non-hydrogen) atoms. The molecule has 0 spiro atoms. The number of carbonyl (C=O) groups excluding carboxylic acids is 2. The lowest BCUT2D eigenvalue weighted by Gasteiger charge is -2.37. The van der Waals surface area contributed by atoms with Gasteiger partial charge in [-0.05, 0) is 49.9 Å². The minimum Gasteiger partial charge on any atom is -0.339 e. The van der Waals surface area contributed by atoms with E-state index in [1.54, 1.807) is 6.92 Å². The Hall–Kier alpha value is -2.66. The molecule has 2 heterocycles. The van der Waals surface area contributed by atoms with Gasteiger partial charge in [-0.1, -0.05) is 53.6 Å². The molecular weight excluding hydrogens is 386 g/mol. The fourth-order valence-corrected chi connectivity index (χ4v) is 4.93. The van der Waals surface area contributed by atoms with Crippen LogP contribution < -0.4 is 0 Å². The van der Waals surface area contributed by atoms with Crippen LogP contribution in [0.3, 0.4) is 0 Å². The van der Waals surface area contributed by atoms with Crippen molar-refractivity contribution in [2.45, 2.75) is 46.2 Å². The first-order chi connectivity index (χ1) is 14.9. The van der Waals surface area contributed by atoms with Crippen molar-refractivity contribution in [3.05, 3.63) is 59.2 Å². The van der Waals surface area contributed by atoms with Crippen molar-refractivity contribution in [1.29, 1.82) is 0 Å². The van der Waals surface area contributed by atoms with Crippen LogP contribution in [-0.4, -0.2) is 65.3 Å². The molecule has 5 nitrogen and oxygen atoms in total. The number of aryl methyl sites for hydroxylation is 2. The third kappa shape index (κ3) is 4.99. The fourth-order valence-electron chi connectivity index (χ4n) is 4.93. The Bertz CT molecular complexity index is 925. The normalized spacial score (nSPS) is 19.6. The van der Waals surface area contributed by atoms with Gasteiger partial charge in [0.1, 0.15) is 0 Å². The molecule has 0 N–H and O–H groups in total. The van der Waals surface area contributed by atoms with Crippen LogP contribution in [0.4, 0.5) is 0 Å². The number of hydrogen-bond acceptors (Lipinski definition) is 3. The predicted molar refractivity (Wildman–Crippen MR) is 124 cm³/mol. The molecule has 2 aliphatic heterocycles. The quantitative estimate of drug-likeness (QED) is 0.760. The molecule has 0 bridgehead atoms. The highest BCUT2D eigenvalue weighted by atomic mass is 16.2. The minimum absolute atomic E-state index is 0.0389. The average molecular weight is 420 g/mol. The molecule has 2 aliphatic rings. The summed E-state index contributed by atoms with van der Waals surface area (Å²) < 4.78 is 0. The second-order valence-electron chi connectivity index (χ2n) is 9.03. The SMILES string of the molecule is CC(=O)N1CCN(C(=O)C2CCCN2Cc2ccc(-c3cc(C)cc(C)c3)cc2)CC1. The van der Waals surface area contributed by atoms with Crippen molar-refractivity contribution in [2.24, 2.45) is 0 Å². The Balaban J connectivity index is 1.39. The molecule has 0 radical (unpaired) electrons. The van der Waals surface area contributed by atoms with Gasteiger partial charge in [0.05, 0.1) is 6.04 Å². The molecule has 0 saturated carbocycles. The second-order valence-corrected chi connectivity index (χ2v) is 9.03. The van der Waals surface area contributed by atoms with E-state index >= 15 is 0 Å². The molecule has 2 aromatic rings. The Morgan fingerprint density at radius 2 is 1.45 bits per heavy atom. The maximum atomic E-state index is 13.2. The summed E-state index contributed by atoms with van der Waals surface area (Å²) in [6.07, 6.45) is 1.98. The Kier molecular flexibility index (Phi) is 6.42. The smallest absolute Gasteiger partial charge is 0.240 e. The highest BCUT2D eigenvalue weighted by molar-refractivity contribution is 5.82. The van der Waals surface area contributed by atoms with Crippen LogP contribution in [-0.2, 0) is 16.1 Å². The van der Waals surface area contributed by atoms with Gasteiger partial charge in [-0.2, -0.15) is 0 Å². The number of rotatable bonds is 4. The summed E-state index contributed by atoms with van der Waals surface area (Å²) in [6, 6.07) is 15.4. The first-order valence-corrected chi connectivity index (χ1v) is 11.4. The molecule has 2 saturated heterocycles. The minimum atomic E-state index is -0.0389. The number of amides is 2. The zero-order valence-electron chi connectivity index (χ0n) is 18.9. The Morgan fingerprint density at radius 3 is 2.06 bits per heavy atom. The van der Waals surface area contributed by atoms with Gasteiger partial charge in [-0.3, -0.25) is 14.5 Å². The summed E-state index contributed by atoms with van der Waals surface area (Å²) in [5.41, 5.74) is 6.29. The van der Waals surface area contributed by atoms with E-state index in [-0.39, 0.29) is 17.9 Å². The molecular formula is C26H33N3O2. The summed E-state index contributed by atoms with van der Waals surface area (Å²) in [7, 11) is 0. The van der Waals surface area contributed by atoms with Gasteiger partial charge in [-0.15, -0.1) is 0 Å². The summed E-state index contributed by atoms with van der Waals surface area (Å²) in [6.45, 7) is 10.2. The predicted octanol–water partition coefficient (Wildman–Crippen LogP) is 3.63. The van der Waals surface area contributed by atoms with Crippen LogP contribution in [0, 0.1) is 13.8 Å². The van der Waals surface area contributed by atoms with Crippen molar-refractivity contribution in [3.8, 4) is 11.1 Å². The molecule has 2 fully saturated rings. The molecule has 2 amide bonds. The topological polar surface area (TPSA) is 43.9 Å². The molecule has 4 rings (SSSR count). The zero-order chi connectivity index (χ0) is 22.0. The molecule has 1 unspecified atom stereocenters. The van der Waals surface area contributed by atoms with Gasteiger partial charge in [0.2, 0.25) is 11.8 Å². The first-order valence-electron chi connectivity index (χ1n) is 11.4. The monoisotopic (exact) mass is 419 g/mol. The standard InChI is InChI=1S/C26H33N3O2/c1-19-15-20(2)17-24(16-19)23-8-6-22(7-9-23)18-29-10-4-5-25(29)26(31)28-13-11-27(12-14-28)21(3)30/h6-9,15-17,25H,4-5,10-14,18H2,1-3H3. The lowest BCUT2D eigenvalue weighted by Crippen LogP contribution is -2.54. The van der Waals surface area contributed by atoms with Gasteiger partial charge in [0, 0.05) is 39.6 Å². The average Bonchev–Trinajstić information content (AvgIpc) is 3.21. The zero-order valence-corrected chi connectivity index (χ0v) is 18.9. The van der Waals surface area contributed by atoms with Crippen LogP contribution >= 0.6 is 0 Å². The Labute approximate surface area is 185 Å². The van der Waals surface area contributed by atoms with Gasteiger partial charge in [0.15, 0.2) is 0 Å². The molecule has 164 valence electrons. The fraction of sp³-hybridized carbons (Fsp3) is 0.462. The number of nitrogens with zero attached hydrogens (tertiary/aromatic N) is 3. The van der Waals surface area contributed by atoms with Gasteiger partial charge >= 0.3 is 0 Å². The van der Waals surface area contributed by atoms with E-state index in [4.69, 9.17) is 0 Å². The molecule has 2 aromatic carbocycles. The van der Waals surface area contributed by atoms with E-state index in [0.717, 1.165) is 25.9 Å². The lowest BCUT2D eigenvalue weighted by molar-refractivity contribution is -0.141. The van der Waals surface area contributed by atoms with E-state index in [1.165, 1.54) is 27.8 Å². The van der Waals surface area contributed by atoms with Crippen LogP contribution in [0.2, 0.25) is 0 Å². The van der Waals surface area contributed by atoms with Gasteiger partial charge in [-0.25, -0.2) is 0 Å². The van der Waals surface area contributed by atoms with Crippen molar-refractivity contribution in [1.82, 2.24) is 14.7 Å². The highest BCUT2D eigenvalue weighted by Gasteiger charge is 2.35. The molecule has 1 atom stereocenters. The van der Waals surface area contributed by atoms with Crippen molar-refractivity contribution < 1.29 is 9.59 Å². The van der Waals surface area contributed by atoms with Crippen LogP contribution in [0.1, 0.15) is 36.5 Å². The maximum Gasteiger partial charge on any atom is 0.240 e. The largest absolute Gasteiger partial charge is 0.339 e. The van der Waals surface area contributed by atoms with Crippen LogP contribution in [0.25, 0.3) is 11.1 Å². The summed E-state index contributed by atoms with van der Waals surface area (Å²) in [4.78, 5) is 30.8. The van der Waals surface area contributed by atoms with E-state index in [0.29, 0.717) is 26.2 Å². The van der Waals surface area contributed by atoms with E-state index < -0.39 is 0 Å². The van der Waals surface area contributed by atoms with Crippen LogP contribution in [0.5, 0.6) is 0 Å². The van der Waals surface area contributed by atoms with Gasteiger partial charge in [0.25, 0.3) is 0 Å². The van der Waals surface area contributed by atoms with Crippen molar-refractivity contribution in [3.63, 3.8) is 0 Å². The third-order valence-electron chi connectivity index (χ3n) is 6.58. The van der Waals surface area contributed by atoms with Crippen molar-refractivity contribution >= 4 is 11.8 Å². The number of piperazine rings is 1. The number of hydrogen-bond donors (Lipinski definition) is 0. The molecule has 0 aromatic heterocycles. The van der Waals surface area contributed by atoms with Crippen molar-refractivity contribution in [2.75, 3.05) is 32.7 Å². The summed E-state index contributed by atoms with van der Waals surface area (Å²) >= 11 is 0. The van der Waals surface area contributed by atoms with E-state index in [1.807, 2.05) is 9.80 Å². The third-order valence-corrected chi connectivity index (χ3v) is 6.58. The van der Waals surface area contributed by atoms with E-state index in [9.17, 15) is 9.59 Å². The highest BCUT2D eigenvalue weighted by Crippen LogP contribution is 2.26. The number of likely N-dealkylation sites (tertiary alicyclic amines) is 1. The first kappa shape index (κ1) is 21.6. The van der Waals surface area contributed by atoms with Gasteiger partial charge < -0.3 is 9.80 Å². The van der Waals surface area contributed by atoms with E-state index in [2.05, 4.69) is 61.2 Å². The number of carbonyl (C=O) groups is 2. The molecule has 0 aliphatic carbocycles.